The van der Waals surface area contributed by atoms with Gasteiger partial charge in [-0.15, -0.1) is 0 Å². The highest BCUT2D eigenvalue weighted by Gasteiger charge is 2.35. The third kappa shape index (κ3) is 1.96. The fraction of sp³-hybridized carbons (Fsp3) is 0.545. The molecule has 1 unspecified atom stereocenters. The van der Waals surface area contributed by atoms with E-state index in [-0.39, 0.29) is 18.4 Å². The number of imidazole rings is 1. The number of nitrogens with zero attached hydrogens (tertiary/aromatic N) is 4. The highest BCUT2D eigenvalue weighted by atomic mass is 16.5. The maximum Gasteiger partial charge on any atom is 0.320 e. The second kappa shape index (κ2) is 4.85. The summed E-state index contributed by atoms with van der Waals surface area (Å²) in [5, 5.41) is 18.9. The van der Waals surface area contributed by atoms with Crippen LogP contribution in [0, 0.1) is 0 Å². The number of hydrogen-bond donors (Lipinski definition) is 3. The number of methoxy groups -OCH3 is 1. The van der Waals surface area contributed by atoms with Gasteiger partial charge >= 0.3 is 6.01 Å². The van der Waals surface area contributed by atoms with Crippen molar-refractivity contribution in [2.24, 2.45) is 0 Å². The Bertz CT molecular complexity index is 631. The molecule has 0 radical (unpaired) electrons. The molecule has 9 nitrogen and oxygen atoms in total. The standard InChI is InChI=1S/C11H15N5O4/c1-19-11-14-9(12)8-10(15-11)16(4-13-8)7-2-5(18)6(3-17)20-7/h4-7,17-18H,2-3H2,1H3,(H2,12,14,15)/t5?,6-,7-/m1/s1. The van der Waals surface area contributed by atoms with Gasteiger partial charge in [0.15, 0.2) is 17.0 Å². The van der Waals surface area contributed by atoms with Gasteiger partial charge in [0.05, 0.1) is 26.1 Å². The van der Waals surface area contributed by atoms with Crippen LogP contribution < -0.4 is 10.5 Å². The lowest BCUT2D eigenvalue weighted by atomic mass is 10.2. The van der Waals surface area contributed by atoms with E-state index in [4.69, 9.17) is 20.3 Å². The second-order valence-corrected chi connectivity index (χ2v) is 4.53. The second-order valence-electron chi connectivity index (χ2n) is 4.53. The van der Waals surface area contributed by atoms with Crippen molar-refractivity contribution in [3.05, 3.63) is 6.33 Å². The summed E-state index contributed by atoms with van der Waals surface area (Å²) in [5.74, 6) is 0.211. The molecule has 3 heterocycles. The molecule has 1 aliphatic rings. The van der Waals surface area contributed by atoms with E-state index in [0.29, 0.717) is 17.6 Å². The Balaban J connectivity index is 2.02. The van der Waals surface area contributed by atoms with Gasteiger partial charge in [0.1, 0.15) is 12.3 Å². The Labute approximate surface area is 114 Å². The van der Waals surface area contributed by atoms with Gasteiger partial charge in [-0.25, -0.2) is 4.98 Å². The zero-order valence-corrected chi connectivity index (χ0v) is 10.8. The predicted molar refractivity (Wildman–Crippen MR) is 67.9 cm³/mol. The van der Waals surface area contributed by atoms with Gasteiger partial charge in [0.25, 0.3) is 0 Å². The van der Waals surface area contributed by atoms with E-state index in [1.54, 1.807) is 4.57 Å². The summed E-state index contributed by atoms with van der Waals surface area (Å²) in [5.41, 5.74) is 6.69. The molecule has 1 fully saturated rings. The summed E-state index contributed by atoms with van der Waals surface area (Å²) in [4.78, 5) is 12.3. The van der Waals surface area contributed by atoms with Crippen molar-refractivity contribution in [1.82, 2.24) is 19.5 Å². The molecule has 108 valence electrons. The van der Waals surface area contributed by atoms with Crippen molar-refractivity contribution in [2.45, 2.75) is 24.9 Å². The first kappa shape index (κ1) is 13.0. The van der Waals surface area contributed by atoms with Crippen LogP contribution >= 0.6 is 0 Å². The number of aliphatic hydroxyl groups excluding tert-OH is 2. The molecule has 1 aliphatic heterocycles. The molecule has 3 atom stereocenters. The Kier molecular flexibility index (Phi) is 3.16. The SMILES string of the molecule is COc1nc(N)c2ncn([C@H]3CC(O)[C@@H](CO)O3)c2n1. The number of nitrogen functional groups attached to an aromatic ring is 1. The van der Waals surface area contributed by atoms with Crippen molar-refractivity contribution < 1.29 is 19.7 Å². The van der Waals surface area contributed by atoms with E-state index < -0.39 is 18.4 Å². The van der Waals surface area contributed by atoms with Crippen LogP contribution in [0.5, 0.6) is 6.01 Å². The van der Waals surface area contributed by atoms with E-state index in [0.717, 1.165) is 0 Å². The molecule has 2 aromatic heterocycles. The van der Waals surface area contributed by atoms with Crippen LogP contribution in [-0.4, -0.2) is 55.7 Å². The molecule has 3 rings (SSSR count). The fourth-order valence-electron chi connectivity index (χ4n) is 2.27. The summed E-state index contributed by atoms with van der Waals surface area (Å²) < 4.78 is 12.2. The quantitative estimate of drug-likeness (QED) is 0.657. The van der Waals surface area contributed by atoms with Crippen LogP contribution in [-0.2, 0) is 4.74 Å². The number of ether oxygens (including phenoxy) is 2. The fourth-order valence-corrected chi connectivity index (χ4v) is 2.27. The van der Waals surface area contributed by atoms with Gasteiger partial charge in [0.2, 0.25) is 0 Å². The molecule has 0 amide bonds. The van der Waals surface area contributed by atoms with Crippen LogP contribution in [0.15, 0.2) is 6.33 Å². The van der Waals surface area contributed by atoms with Gasteiger partial charge in [-0.1, -0.05) is 0 Å². The smallest absolute Gasteiger partial charge is 0.320 e. The van der Waals surface area contributed by atoms with Crippen LogP contribution in [0.25, 0.3) is 11.2 Å². The Morgan fingerprint density at radius 1 is 1.55 bits per heavy atom. The molecule has 20 heavy (non-hydrogen) atoms. The number of fused-ring (bicyclic) bond motifs is 1. The normalized spacial score (nSPS) is 26.2. The van der Waals surface area contributed by atoms with Crippen LogP contribution in [0.4, 0.5) is 5.82 Å². The minimum absolute atomic E-state index is 0.133. The van der Waals surface area contributed by atoms with Gasteiger partial charge in [-0.3, -0.25) is 4.57 Å². The average molecular weight is 281 g/mol. The third-order valence-corrected chi connectivity index (χ3v) is 3.30. The molecule has 0 saturated carbocycles. The third-order valence-electron chi connectivity index (χ3n) is 3.30. The summed E-state index contributed by atoms with van der Waals surface area (Å²) in [6, 6.07) is 0.133. The van der Waals surface area contributed by atoms with Crippen molar-refractivity contribution in [2.75, 3.05) is 19.5 Å². The van der Waals surface area contributed by atoms with Gasteiger partial charge < -0.3 is 25.4 Å². The van der Waals surface area contributed by atoms with Gasteiger partial charge in [-0.2, -0.15) is 9.97 Å². The first-order valence-electron chi connectivity index (χ1n) is 6.12. The highest BCUT2D eigenvalue weighted by Crippen LogP contribution is 2.31. The Morgan fingerprint density at radius 2 is 2.35 bits per heavy atom. The summed E-state index contributed by atoms with van der Waals surface area (Å²) in [6.07, 6.45) is 0.0445. The summed E-state index contributed by atoms with van der Waals surface area (Å²) in [6.45, 7) is -0.245. The van der Waals surface area contributed by atoms with Crippen LogP contribution in [0.2, 0.25) is 0 Å². The zero-order chi connectivity index (χ0) is 14.3. The lowest BCUT2D eigenvalue weighted by molar-refractivity contribution is -0.0432. The lowest BCUT2D eigenvalue weighted by Crippen LogP contribution is -2.24. The van der Waals surface area contributed by atoms with E-state index >= 15 is 0 Å². The molecular weight excluding hydrogens is 266 g/mol. The van der Waals surface area contributed by atoms with Gasteiger partial charge in [-0.05, 0) is 0 Å². The number of rotatable bonds is 3. The number of anilines is 1. The van der Waals surface area contributed by atoms with Crippen molar-refractivity contribution >= 4 is 17.0 Å². The van der Waals surface area contributed by atoms with E-state index in [9.17, 15) is 5.11 Å². The minimum atomic E-state index is -0.733. The molecule has 0 spiro atoms. The molecule has 0 bridgehead atoms. The maximum absolute atomic E-state index is 9.78. The Hall–Kier alpha value is -1.97. The highest BCUT2D eigenvalue weighted by molar-refractivity contribution is 5.81. The number of nitrogens with two attached hydrogens (primary N) is 1. The molecular formula is C11H15N5O4. The van der Waals surface area contributed by atoms with E-state index in [1.807, 2.05) is 0 Å². The van der Waals surface area contributed by atoms with Crippen LogP contribution in [0.3, 0.4) is 0 Å². The van der Waals surface area contributed by atoms with Gasteiger partial charge in [0, 0.05) is 6.42 Å². The maximum atomic E-state index is 9.78. The van der Waals surface area contributed by atoms with Crippen molar-refractivity contribution in [3.8, 4) is 6.01 Å². The molecule has 9 heteroatoms. The number of aromatic nitrogens is 4. The Morgan fingerprint density at radius 3 is 3.00 bits per heavy atom. The first-order valence-corrected chi connectivity index (χ1v) is 6.12. The van der Waals surface area contributed by atoms with Crippen molar-refractivity contribution in [1.29, 1.82) is 0 Å². The summed E-state index contributed by atoms with van der Waals surface area (Å²) >= 11 is 0. The summed E-state index contributed by atoms with van der Waals surface area (Å²) in [7, 11) is 1.44. The average Bonchev–Trinajstić information content (AvgIpc) is 3.01. The molecule has 0 aliphatic carbocycles. The zero-order valence-electron chi connectivity index (χ0n) is 10.8. The van der Waals surface area contributed by atoms with Crippen LogP contribution in [0.1, 0.15) is 12.6 Å². The first-order chi connectivity index (χ1) is 9.63. The topological polar surface area (TPSA) is 129 Å². The lowest BCUT2D eigenvalue weighted by Gasteiger charge is -2.13. The molecule has 2 aromatic rings. The number of aliphatic hydroxyl groups is 2. The van der Waals surface area contributed by atoms with Crippen molar-refractivity contribution in [3.63, 3.8) is 0 Å². The molecule has 0 aromatic carbocycles. The minimum Gasteiger partial charge on any atom is -0.467 e. The van der Waals surface area contributed by atoms with E-state index in [2.05, 4.69) is 15.0 Å². The molecule has 4 N–H and O–H groups in total. The molecule has 1 saturated heterocycles. The monoisotopic (exact) mass is 281 g/mol. The van der Waals surface area contributed by atoms with E-state index in [1.165, 1.54) is 13.4 Å². The largest absolute Gasteiger partial charge is 0.467 e. The number of hydrogen-bond acceptors (Lipinski definition) is 8. The predicted octanol–water partition coefficient (Wildman–Crippen LogP) is -0.942.